The van der Waals surface area contributed by atoms with Gasteiger partial charge >= 0.3 is 5.97 Å². The second kappa shape index (κ2) is 14.3. The van der Waals surface area contributed by atoms with Crippen LogP contribution in [0.25, 0.3) is 0 Å². The number of ether oxygens (including phenoxy) is 1. The number of carboxylic acid groups (broad SMARTS) is 1. The van der Waals surface area contributed by atoms with E-state index < -0.39 is 11.5 Å². The van der Waals surface area contributed by atoms with Crippen molar-refractivity contribution in [3.63, 3.8) is 0 Å². The van der Waals surface area contributed by atoms with Crippen molar-refractivity contribution in [1.82, 2.24) is 19.8 Å². The van der Waals surface area contributed by atoms with Crippen molar-refractivity contribution in [2.45, 2.75) is 68.9 Å². The number of nitrogens with zero attached hydrogens (tertiary/aromatic N) is 5. The van der Waals surface area contributed by atoms with Gasteiger partial charge in [0.25, 0.3) is 0 Å². The highest BCUT2D eigenvalue weighted by Crippen LogP contribution is 2.45. The molecule has 3 atom stereocenters. The zero-order valence-corrected chi connectivity index (χ0v) is 26.9. The molecule has 0 spiro atoms. The van der Waals surface area contributed by atoms with E-state index in [9.17, 15) is 9.90 Å². The Morgan fingerprint density at radius 3 is 2.27 bits per heavy atom. The molecule has 3 aromatic rings. The minimum atomic E-state index is -0.928. The number of benzene rings is 2. The number of carboxylic acids is 1. The quantitative estimate of drug-likeness (QED) is 0.294. The van der Waals surface area contributed by atoms with Crippen LogP contribution in [-0.4, -0.2) is 89.3 Å². The number of aromatic nitrogens is 2. The van der Waals surface area contributed by atoms with Gasteiger partial charge in [0.2, 0.25) is 5.95 Å². The van der Waals surface area contributed by atoms with Gasteiger partial charge in [-0.25, -0.2) is 9.97 Å². The molecule has 0 amide bonds. The molecule has 1 aliphatic carbocycles. The van der Waals surface area contributed by atoms with Gasteiger partial charge in [-0.3, -0.25) is 9.69 Å². The van der Waals surface area contributed by atoms with Crippen molar-refractivity contribution < 1.29 is 14.6 Å². The van der Waals surface area contributed by atoms with Crippen LogP contribution in [0.15, 0.2) is 73.1 Å². The normalized spacial score (nSPS) is 23.4. The van der Waals surface area contributed by atoms with E-state index >= 15 is 0 Å². The molecule has 1 saturated carbocycles. The molecule has 3 fully saturated rings. The Bertz CT molecular complexity index is 1360. The van der Waals surface area contributed by atoms with E-state index in [0.29, 0.717) is 24.3 Å². The third-order valence-electron chi connectivity index (χ3n) is 11.0. The van der Waals surface area contributed by atoms with Crippen LogP contribution in [0, 0.1) is 11.8 Å². The number of hydrogen-bond donors (Lipinski definition) is 1. The number of rotatable bonds is 11. The Kier molecular flexibility index (Phi) is 10.0. The summed E-state index contributed by atoms with van der Waals surface area (Å²) in [6, 6.07) is 21.2. The van der Waals surface area contributed by atoms with Crippen molar-refractivity contribution in [3.05, 3.63) is 84.2 Å². The fraction of sp³-hybridized carbons (Fsp3) is 0.541. The summed E-state index contributed by atoms with van der Waals surface area (Å²) < 4.78 is 5.41. The summed E-state index contributed by atoms with van der Waals surface area (Å²) in [7, 11) is 3.78. The summed E-state index contributed by atoms with van der Waals surface area (Å²) in [4.78, 5) is 29.9. The second-order valence-electron chi connectivity index (χ2n) is 13.5. The zero-order chi connectivity index (χ0) is 31.2. The molecule has 6 rings (SSSR count). The van der Waals surface area contributed by atoms with Crippen LogP contribution in [0.4, 0.5) is 5.95 Å². The maximum atomic E-state index is 13.7. The molecule has 8 nitrogen and oxygen atoms in total. The predicted molar refractivity (Wildman–Crippen MR) is 178 cm³/mol. The Balaban J connectivity index is 1.24. The summed E-state index contributed by atoms with van der Waals surface area (Å²) in [5.74, 6) is 1.71. The highest BCUT2D eigenvalue weighted by atomic mass is 16.5. The molecule has 240 valence electrons. The molecular weight excluding hydrogens is 562 g/mol. The molecule has 3 aliphatic rings. The van der Waals surface area contributed by atoms with Crippen LogP contribution < -0.4 is 9.64 Å². The molecular formula is C37H49N5O3. The predicted octanol–water partition coefficient (Wildman–Crippen LogP) is 5.75. The lowest BCUT2D eigenvalue weighted by molar-refractivity contribution is -0.156. The number of piperidine rings is 1. The van der Waals surface area contributed by atoms with Gasteiger partial charge in [-0.2, -0.15) is 0 Å². The topological polar surface area (TPSA) is 82.0 Å². The van der Waals surface area contributed by atoms with E-state index in [1.54, 1.807) is 7.11 Å². The van der Waals surface area contributed by atoms with Gasteiger partial charge in [-0.15, -0.1) is 0 Å². The van der Waals surface area contributed by atoms with E-state index in [1.165, 1.54) is 12.0 Å². The monoisotopic (exact) mass is 611 g/mol. The van der Waals surface area contributed by atoms with Gasteiger partial charge in [0.1, 0.15) is 11.3 Å². The van der Waals surface area contributed by atoms with Gasteiger partial charge in [0.05, 0.1) is 7.11 Å². The van der Waals surface area contributed by atoms with Crippen LogP contribution in [0.1, 0.15) is 62.0 Å². The molecule has 45 heavy (non-hydrogen) atoms. The first-order valence-electron chi connectivity index (χ1n) is 16.9. The number of aliphatic carboxylic acids is 1. The minimum Gasteiger partial charge on any atom is -0.497 e. The third kappa shape index (κ3) is 6.87. The van der Waals surface area contributed by atoms with E-state index in [1.807, 2.05) is 30.6 Å². The number of likely N-dealkylation sites (tertiary alicyclic amines) is 2. The Morgan fingerprint density at radius 2 is 1.62 bits per heavy atom. The van der Waals surface area contributed by atoms with E-state index in [0.717, 1.165) is 88.5 Å². The van der Waals surface area contributed by atoms with Crippen LogP contribution in [0.5, 0.6) is 5.75 Å². The molecule has 0 unspecified atom stereocenters. The Labute approximate surface area is 268 Å². The SMILES string of the molecule is COc1ccc(C[C@](C(=O)O)(C2CCCCC2)N2C[C@H](CN3CCC(N(C)c4ncccn4)CC3)[C@@H](c3ccccc3)C2)cc1. The van der Waals surface area contributed by atoms with E-state index in [4.69, 9.17) is 4.74 Å². The smallest absolute Gasteiger partial charge is 0.324 e. The standard InChI is InChI=1S/C37H49N5O3/c1-40(36-38-20-9-21-39-36)32-18-22-41(23-19-32)25-30-26-42(27-34(30)29-10-5-3-6-11-29)37(35(43)44,31-12-7-4-8-13-31)24-28-14-16-33(45-2)17-15-28/h3,5-6,9-11,14-17,20-21,30-32,34H,4,7-8,12-13,18-19,22-27H2,1-2H3,(H,43,44)/t30-,34+,37+/m0/s1. The van der Waals surface area contributed by atoms with Crippen molar-refractivity contribution in [1.29, 1.82) is 0 Å². The van der Waals surface area contributed by atoms with Crippen LogP contribution in [-0.2, 0) is 11.2 Å². The van der Waals surface area contributed by atoms with Crippen LogP contribution >= 0.6 is 0 Å². The van der Waals surface area contributed by atoms with Crippen molar-refractivity contribution in [2.75, 3.05) is 51.8 Å². The number of anilines is 1. The highest BCUT2D eigenvalue weighted by Gasteiger charge is 2.54. The average Bonchev–Trinajstić information content (AvgIpc) is 3.52. The fourth-order valence-electron chi connectivity index (χ4n) is 8.45. The van der Waals surface area contributed by atoms with Crippen molar-refractivity contribution in [2.24, 2.45) is 11.8 Å². The summed E-state index contributed by atoms with van der Waals surface area (Å²) in [6.07, 6.45) is 11.6. The van der Waals surface area contributed by atoms with Gasteiger partial charge in [-0.05, 0) is 66.8 Å². The first-order valence-corrected chi connectivity index (χ1v) is 16.9. The molecule has 0 bridgehead atoms. The minimum absolute atomic E-state index is 0.132. The molecule has 2 aromatic carbocycles. The summed E-state index contributed by atoms with van der Waals surface area (Å²) >= 11 is 0. The molecule has 1 N–H and O–H groups in total. The maximum absolute atomic E-state index is 13.7. The Morgan fingerprint density at radius 1 is 0.933 bits per heavy atom. The van der Waals surface area contributed by atoms with Crippen molar-refractivity contribution >= 4 is 11.9 Å². The second-order valence-corrected chi connectivity index (χ2v) is 13.5. The number of carbonyl (C=O) groups is 1. The molecule has 2 aliphatic heterocycles. The summed E-state index contributed by atoms with van der Waals surface area (Å²) in [6.45, 7) is 4.61. The van der Waals surface area contributed by atoms with E-state index in [2.05, 4.69) is 74.2 Å². The first kappa shape index (κ1) is 31.5. The van der Waals surface area contributed by atoms with Crippen LogP contribution in [0.3, 0.4) is 0 Å². The summed E-state index contributed by atoms with van der Waals surface area (Å²) in [5.41, 5.74) is 1.47. The van der Waals surface area contributed by atoms with Gasteiger partial charge < -0.3 is 19.6 Å². The molecule has 1 aromatic heterocycles. The van der Waals surface area contributed by atoms with Crippen LogP contribution in [0.2, 0.25) is 0 Å². The first-order chi connectivity index (χ1) is 22.0. The largest absolute Gasteiger partial charge is 0.497 e. The zero-order valence-electron chi connectivity index (χ0n) is 26.9. The average molecular weight is 612 g/mol. The third-order valence-corrected chi connectivity index (χ3v) is 11.0. The van der Waals surface area contributed by atoms with Crippen molar-refractivity contribution in [3.8, 4) is 5.75 Å². The highest BCUT2D eigenvalue weighted by molar-refractivity contribution is 5.80. The van der Waals surface area contributed by atoms with Gasteiger partial charge in [0, 0.05) is 70.5 Å². The lowest BCUT2D eigenvalue weighted by atomic mass is 9.70. The fourth-order valence-corrected chi connectivity index (χ4v) is 8.45. The molecule has 2 saturated heterocycles. The number of methoxy groups -OCH3 is 1. The molecule has 3 heterocycles. The Hall–Kier alpha value is -3.49. The summed E-state index contributed by atoms with van der Waals surface area (Å²) in [5, 5.41) is 11.2. The van der Waals surface area contributed by atoms with E-state index in [-0.39, 0.29) is 5.92 Å². The molecule has 0 radical (unpaired) electrons. The lowest BCUT2D eigenvalue weighted by Crippen LogP contribution is -2.61. The molecule has 8 heteroatoms. The maximum Gasteiger partial charge on any atom is 0.324 e. The van der Waals surface area contributed by atoms with Gasteiger partial charge in [-0.1, -0.05) is 61.7 Å². The lowest BCUT2D eigenvalue weighted by Gasteiger charge is -2.46. The van der Waals surface area contributed by atoms with Gasteiger partial charge in [0.15, 0.2) is 0 Å². The number of hydrogen-bond acceptors (Lipinski definition) is 7.